The second-order valence-electron chi connectivity index (χ2n) is 15.4. The predicted octanol–water partition coefficient (Wildman–Crippen LogP) is 5.02. The van der Waals surface area contributed by atoms with Gasteiger partial charge in [-0.25, -0.2) is 0 Å². The number of ether oxygens (including phenoxy) is 5. The number of allylic oxidation sites excluding steroid dienone is 5. The number of carbonyl (C=O) groups is 2. The van der Waals surface area contributed by atoms with E-state index in [2.05, 4.69) is 19.9 Å². The second-order valence-corrected chi connectivity index (χ2v) is 15.4. The van der Waals surface area contributed by atoms with Gasteiger partial charge in [-0.2, -0.15) is 0 Å². The lowest BCUT2D eigenvalue weighted by atomic mass is 9.70. The molecule has 10 nitrogen and oxygen atoms in total. The number of carbonyl (C=O) groups excluding carboxylic acids is 2. The van der Waals surface area contributed by atoms with Crippen molar-refractivity contribution in [2.24, 2.45) is 23.7 Å². The fourth-order valence-corrected chi connectivity index (χ4v) is 8.03. The van der Waals surface area contributed by atoms with Crippen molar-refractivity contribution in [3.8, 4) is 0 Å². The smallest absolute Gasteiger partial charge is 0.316 e. The molecule has 2 bridgehead atoms. The summed E-state index contributed by atoms with van der Waals surface area (Å²) in [6, 6.07) is 0. The van der Waals surface area contributed by atoms with Gasteiger partial charge in [0.2, 0.25) is 0 Å². The minimum absolute atomic E-state index is 0.000270. The number of esters is 2. The van der Waals surface area contributed by atoms with E-state index >= 15 is 0 Å². The van der Waals surface area contributed by atoms with Gasteiger partial charge in [0.1, 0.15) is 42.5 Å². The van der Waals surface area contributed by atoms with E-state index in [-0.39, 0.29) is 55.5 Å². The molecule has 10 heteroatoms. The monoisotopic (exact) mass is 684 g/mol. The molecule has 0 radical (unpaired) electrons. The van der Waals surface area contributed by atoms with E-state index in [0.29, 0.717) is 24.8 Å². The molecule has 272 valence electrons. The first-order valence-electron chi connectivity index (χ1n) is 18.0. The minimum atomic E-state index is -1.91. The number of aliphatic hydroxyl groups is 3. The molecular weight excluding hydrogens is 628 g/mol. The van der Waals surface area contributed by atoms with Gasteiger partial charge < -0.3 is 39.0 Å². The maximum atomic E-state index is 14.3. The highest BCUT2D eigenvalue weighted by atomic mass is 16.7. The fraction of sp³-hybridized carbons (Fsp3) is 0.692. The van der Waals surface area contributed by atoms with Crippen LogP contribution in [-0.4, -0.2) is 88.5 Å². The summed E-state index contributed by atoms with van der Waals surface area (Å²) in [6.45, 7) is 13.8. The van der Waals surface area contributed by atoms with E-state index in [0.717, 1.165) is 12.0 Å². The Bertz CT molecular complexity index is 1390. The lowest BCUT2D eigenvalue weighted by Gasteiger charge is -2.52. The fourth-order valence-electron chi connectivity index (χ4n) is 8.03. The van der Waals surface area contributed by atoms with E-state index in [9.17, 15) is 24.9 Å². The van der Waals surface area contributed by atoms with E-state index in [1.807, 2.05) is 52.8 Å². The standard InChI is InChI=1S/C39H56O10/c1-8-25(6)35-26(7)16-32(40)38(49-35)19-30-18-29(48-38)13-12-24(5)15-23(4)10-9-11-28-21-46-36-34(42)27(20-45-33(41)14-22(2)3)17-31(37(43)47-30)39(28,36)44/h8-12,17,22-23,26,29-32,34-36,40,42,44H,13-16,18-21H2,1-7H3/b10-9+,24-12+,25-8+,28-11+/t23-,26-,29+,30-,31-,32+,34+,35+,36+,38-,39+/m0/s1. The van der Waals surface area contributed by atoms with Crippen LogP contribution in [-0.2, 0) is 33.3 Å². The van der Waals surface area contributed by atoms with E-state index < -0.39 is 59.8 Å². The first-order chi connectivity index (χ1) is 23.2. The van der Waals surface area contributed by atoms with Crippen LogP contribution in [0, 0.1) is 23.7 Å². The summed E-state index contributed by atoms with van der Waals surface area (Å²) in [5, 5.41) is 35.3. The highest BCUT2D eigenvalue weighted by Crippen LogP contribution is 2.48. The highest BCUT2D eigenvalue weighted by molar-refractivity contribution is 5.79. The number of hydrogen-bond acceptors (Lipinski definition) is 10. The van der Waals surface area contributed by atoms with Crippen LogP contribution in [0.15, 0.2) is 58.7 Å². The Morgan fingerprint density at radius 2 is 1.92 bits per heavy atom. The summed E-state index contributed by atoms with van der Waals surface area (Å²) in [6.07, 6.45) is 8.93. The zero-order valence-electron chi connectivity index (χ0n) is 30.1. The van der Waals surface area contributed by atoms with Crippen molar-refractivity contribution in [1.29, 1.82) is 0 Å². The second kappa shape index (κ2) is 15.3. The molecular formula is C39H56O10. The number of fused-ring (bicyclic) bond motifs is 2. The largest absolute Gasteiger partial charge is 0.462 e. The summed E-state index contributed by atoms with van der Waals surface area (Å²) in [5.41, 5.74) is 1.01. The van der Waals surface area contributed by atoms with Gasteiger partial charge in [0, 0.05) is 19.3 Å². The van der Waals surface area contributed by atoms with Crippen LogP contribution in [0.4, 0.5) is 0 Å². The number of hydrogen-bond donors (Lipinski definition) is 3. The molecule has 49 heavy (non-hydrogen) atoms. The van der Waals surface area contributed by atoms with Crippen LogP contribution in [0.3, 0.4) is 0 Å². The summed E-state index contributed by atoms with van der Waals surface area (Å²) in [5.74, 6) is -3.47. The van der Waals surface area contributed by atoms with Crippen LogP contribution in [0.2, 0.25) is 0 Å². The molecule has 0 aromatic carbocycles. The molecule has 11 atom stereocenters. The number of rotatable bonds is 5. The molecule has 1 aliphatic carbocycles. The number of aliphatic hydroxyl groups excluding tert-OH is 2. The van der Waals surface area contributed by atoms with Crippen molar-refractivity contribution in [3.05, 3.63) is 58.7 Å². The van der Waals surface area contributed by atoms with Gasteiger partial charge >= 0.3 is 11.9 Å². The van der Waals surface area contributed by atoms with Crippen molar-refractivity contribution in [2.45, 2.75) is 135 Å². The maximum Gasteiger partial charge on any atom is 0.316 e. The molecule has 3 N–H and O–H groups in total. The van der Waals surface area contributed by atoms with Crippen molar-refractivity contribution in [3.63, 3.8) is 0 Å². The summed E-state index contributed by atoms with van der Waals surface area (Å²) in [7, 11) is 0. The molecule has 4 heterocycles. The molecule has 3 fully saturated rings. The minimum Gasteiger partial charge on any atom is -0.462 e. The Morgan fingerprint density at radius 3 is 2.63 bits per heavy atom. The molecule has 0 aromatic heterocycles. The molecule has 0 amide bonds. The van der Waals surface area contributed by atoms with Gasteiger partial charge in [-0.3, -0.25) is 9.59 Å². The molecule has 3 saturated heterocycles. The Balaban J connectivity index is 1.53. The Morgan fingerprint density at radius 1 is 1.16 bits per heavy atom. The summed E-state index contributed by atoms with van der Waals surface area (Å²) in [4.78, 5) is 26.8. The van der Waals surface area contributed by atoms with Crippen molar-refractivity contribution < 1.29 is 48.6 Å². The van der Waals surface area contributed by atoms with Gasteiger partial charge in [0.25, 0.3) is 0 Å². The lowest BCUT2D eigenvalue weighted by molar-refractivity contribution is -0.363. The first kappa shape index (κ1) is 37.7. The third-order valence-corrected chi connectivity index (χ3v) is 10.8. The average molecular weight is 685 g/mol. The van der Waals surface area contributed by atoms with E-state index in [4.69, 9.17) is 23.7 Å². The van der Waals surface area contributed by atoms with Crippen LogP contribution < -0.4 is 0 Å². The lowest BCUT2D eigenvalue weighted by Crippen LogP contribution is -2.62. The molecule has 5 rings (SSSR count). The van der Waals surface area contributed by atoms with E-state index in [1.54, 1.807) is 6.08 Å². The topological polar surface area (TPSA) is 141 Å². The van der Waals surface area contributed by atoms with Crippen LogP contribution in [0.25, 0.3) is 0 Å². The average Bonchev–Trinajstić information content (AvgIpc) is 3.37. The molecule has 0 aromatic rings. The van der Waals surface area contributed by atoms with Crippen molar-refractivity contribution >= 4 is 11.9 Å². The van der Waals surface area contributed by atoms with Gasteiger partial charge in [-0.15, -0.1) is 0 Å². The van der Waals surface area contributed by atoms with Gasteiger partial charge in [-0.1, -0.05) is 69.7 Å². The molecule has 0 saturated carbocycles. The Kier molecular flexibility index (Phi) is 11.8. The molecule has 0 unspecified atom stereocenters. The Labute approximate surface area is 290 Å². The van der Waals surface area contributed by atoms with Crippen LogP contribution in [0.1, 0.15) is 87.0 Å². The maximum absolute atomic E-state index is 14.3. The highest BCUT2D eigenvalue weighted by Gasteiger charge is 2.61. The van der Waals surface area contributed by atoms with Gasteiger partial charge in [-0.05, 0) is 74.5 Å². The quantitative estimate of drug-likeness (QED) is 0.267. The summed E-state index contributed by atoms with van der Waals surface area (Å²) >= 11 is 0. The molecule has 4 aliphatic heterocycles. The van der Waals surface area contributed by atoms with Crippen LogP contribution in [0.5, 0.6) is 0 Å². The first-order valence-corrected chi connectivity index (χ1v) is 18.0. The van der Waals surface area contributed by atoms with Gasteiger partial charge in [0.05, 0.1) is 18.8 Å². The molecule has 5 aliphatic rings. The zero-order valence-corrected chi connectivity index (χ0v) is 30.1. The normalized spacial score (nSPS) is 43.1. The SMILES string of the molecule is C/C=C(\C)[C@H]1O[C@@]2(C[C@@H]3C[C@@H](C/C=C(\C)C[C@@H](C)/C=C/C=C4\CO[C@@H]5[C@H](O)C(COC(=O)CC(C)C)=C[C@@H](C(=O)O3)[C@]45O)O2)[C@H](O)C[C@@H]1C. The van der Waals surface area contributed by atoms with E-state index in [1.165, 1.54) is 11.6 Å². The van der Waals surface area contributed by atoms with Crippen molar-refractivity contribution in [2.75, 3.05) is 13.2 Å². The Hall–Kier alpha value is -2.60. The third kappa shape index (κ3) is 8.00. The van der Waals surface area contributed by atoms with Crippen molar-refractivity contribution in [1.82, 2.24) is 0 Å². The zero-order chi connectivity index (χ0) is 35.7. The van der Waals surface area contributed by atoms with Gasteiger partial charge in [0.15, 0.2) is 5.79 Å². The summed E-state index contributed by atoms with van der Waals surface area (Å²) < 4.78 is 31.0. The predicted molar refractivity (Wildman–Crippen MR) is 183 cm³/mol. The third-order valence-electron chi connectivity index (χ3n) is 10.8. The van der Waals surface area contributed by atoms with Crippen LogP contribution >= 0.6 is 0 Å². The molecule has 1 spiro atoms.